The molecule has 0 bridgehead atoms. The van der Waals surface area contributed by atoms with E-state index in [0.29, 0.717) is 27.8 Å². The summed E-state index contributed by atoms with van der Waals surface area (Å²) in [7, 11) is -0.188. The molecule has 0 aliphatic rings. The van der Waals surface area contributed by atoms with Crippen LogP contribution in [0.3, 0.4) is 0 Å². The standard InChI is InChI=1S/C26H36ClO4P.Li/c1-8-17(5)29-20-14-22(30-18(6)9-2)25(23(15-20)31-19(7)10-3)32-26(28)24-16(4)12-11-13-21(24)27;/h11-15,17-19,32H,8-10H2,1-7H3;/q;+1. The molecule has 0 spiro atoms. The average molecular weight is 486 g/mol. The van der Waals surface area contributed by atoms with Crippen LogP contribution >= 0.6 is 20.2 Å². The van der Waals surface area contributed by atoms with Crippen molar-refractivity contribution in [3.8, 4) is 17.2 Å². The zero-order valence-electron chi connectivity index (χ0n) is 21.3. The molecular weight excluding hydrogens is 450 g/mol. The number of ether oxygens (including phenoxy) is 3. The first kappa shape index (κ1) is 29.9. The van der Waals surface area contributed by atoms with E-state index in [2.05, 4.69) is 20.8 Å². The van der Waals surface area contributed by atoms with Crippen LogP contribution in [0.25, 0.3) is 0 Å². The Morgan fingerprint density at radius 3 is 1.85 bits per heavy atom. The molecule has 0 aliphatic carbocycles. The van der Waals surface area contributed by atoms with Crippen molar-refractivity contribution in [3.05, 3.63) is 46.5 Å². The summed E-state index contributed by atoms with van der Waals surface area (Å²) in [6.07, 6.45) is 2.62. The minimum Gasteiger partial charge on any atom is -0.490 e. The topological polar surface area (TPSA) is 44.8 Å². The molecule has 0 amide bonds. The van der Waals surface area contributed by atoms with Gasteiger partial charge in [-0.05, 0) is 67.2 Å². The van der Waals surface area contributed by atoms with E-state index in [1.807, 2.05) is 52.0 Å². The van der Waals surface area contributed by atoms with Gasteiger partial charge >= 0.3 is 18.9 Å². The predicted molar refractivity (Wildman–Crippen MR) is 136 cm³/mol. The maximum absolute atomic E-state index is 13.4. The normalized spacial score (nSPS) is 13.8. The molecule has 4 unspecified atom stereocenters. The van der Waals surface area contributed by atoms with E-state index >= 15 is 0 Å². The summed E-state index contributed by atoms with van der Waals surface area (Å²) in [6.45, 7) is 14.2. The molecule has 0 aromatic heterocycles. The summed E-state index contributed by atoms with van der Waals surface area (Å²) in [6, 6.07) is 9.28. The smallest absolute Gasteiger partial charge is 0.490 e. The monoisotopic (exact) mass is 485 g/mol. The van der Waals surface area contributed by atoms with Gasteiger partial charge < -0.3 is 14.2 Å². The number of rotatable bonds is 12. The number of hydrogen-bond donors (Lipinski definition) is 0. The van der Waals surface area contributed by atoms with Crippen molar-refractivity contribution in [2.75, 3.05) is 0 Å². The molecule has 33 heavy (non-hydrogen) atoms. The number of benzene rings is 2. The second-order valence-electron chi connectivity index (χ2n) is 8.19. The van der Waals surface area contributed by atoms with E-state index in [9.17, 15) is 4.79 Å². The quantitative estimate of drug-likeness (QED) is 0.331. The molecule has 0 aliphatic heterocycles. The summed E-state index contributed by atoms with van der Waals surface area (Å²) >= 11 is 6.38. The molecule has 0 N–H and O–H groups in total. The van der Waals surface area contributed by atoms with Crippen LogP contribution < -0.4 is 38.4 Å². The van der Waals surface area contributed by atoms with Crippen LogP contribution in [0, 0.1) is 6.92 Å². The number of hydrogen-bond acceptors (Lipinski definition) is 4. The fraction of sp³-hybridized carbons (Fsp3) is 0.500. The van der Waals surface area contributed by atoms with Crippen LogP contribution in [0.2, 0.25) is 5.02 Å². The molecule has 0 fully saturated rings. The second-order valence-corrected chi connectivity index (χ2v) is 9.80. The first-order chi connectivity index (χ1) is 15.2. The van der Waals surface area contributed by atoms with E-state index < -0.39 is 0 Å². The Morgan fingerprint density at radius 2 is 1.39 bits per heavy atom. The van der Waals surface area contributed by atoms with Gasteiger partial charge in [-0.3, -0.25) is 4.79 Å². The minimum atomic E-state index is -0.188. The van der Waals surface area contributed by atoms with E-state index in [0.717, 1.165) is 30.1 Å². The number of carbonyl (C=O) groups excluding carboxylic acids is 1. The van der Waals surface area contributed by atoms with Crippen molar-refractivity contribution >= 4 is 31.0 Å². The second kappa shape index (κ2) is 14.3. The largest absolute Gasteiger partial charge is 1.00 e. The summed E-state index contributed by atoms with van der Waals surface area (Å²) in [4.78, 5) is 13.4. The average Bonchev–Trinajstić information content (AvgIpc) is 2.75. The summed E-state index contributed by atoms with van der Waals surface area (Å²) < 4.78 is 18.6. The number of carbonyl (C=O) groups is 1. The summed E-state index contributed by atoms with van der Waals surface area (Å²) in [5.74, 6) is 1.95. The van der Waals surface area contributed by atoms with Gasteiger partial charge in [-0.25, -0.2) is 0 Å². The third-order valence-corrected chi connectivity index (χ3v) is 6.98. The van der Waals surface area contributed by atoms with E-state index in [-0.39, 0.29) is 51.3 Å². The Kier molecular flexibility index (Phi) is 12.9. The Morgan fingerprint density at radius 1 is 0.909 bits per heavy atom. The summed E-state index contributed by atoms with van der Waals surface area (Å²) in [5.41, 5.74) is 1.38. The molecule has 0 saturated heterocycles. The van der Waals surface area contributed by atoms with Gasteiger partial charge in [-0.1, -0.05) is 44.5 Å². The van der Waals surface area contributed by atoms with Crippen LogP contribution in [0.15, 0.2) is 30.3 Å². The minimum absolute atomic E-state index is 0. The van der Waals surface area contributed by atoms with Gasteiger partial charge in [0.1, 0.15) is 17.2 Å². The molecule has 2 aromatic carbocycles. The number of halogens is 1. The fourth-order valence-electron chi connectivity index (χ4n) is 2.95. The van der Waals surface area contributed by atoms with Gasteiger partial charge in [0.25, 0.3) is 0 Å². The Labute approximate surface area is 218 Å². The Bertz CT molecular complexity index is 868. The van der Waals surface area contributed by atoms with Crippen LogP contribution in [0.5, 0.6) is 17.2 Å². The molecule has 2 rings (SSSR count). The SMILES string of the molecule is CCC(C)Oc1cc(OC(C)CC)c(PC(=O)c2c(C)cccc2Cl)c(OC(C)CC)c1.[Li+]. The van der Waals surface area contributed by atoms with Gasteiger partial charge in [-0.2, -0.15) is 0 Å². The molecule has 0 heterocycles. The molecule has 4 nitrogen and oxygen atoms in total. The molecule has 7 heteroatoms. The predicted octanol–water partition coefficient (Wildman–Crippen LogP) is 4.33. The number of aryl methyl sites for hydroxylation is 1. The van der Waals surface area contributed by atoms with Crippen LogP contribution in [-0.4, -0.2) is 23.8 Å². The Hall–Kier alpha value is -1.17. The van der Waals surface area contributed by atoms with E-state index in [4.69, 9.17) is 25.8 Å². The van der Waals surface area contributed by atoms with Crippen molar-refractivity contribution in [1.29, 1.82) is 0 Å². The van der Waals surface area contributed by atoms with Gasteiger partial charge in [0.15, 0.2) is 5.52 Å². The zero-order valence-corrected chi connectivity index (χ0v) is 23.0. The molecule has 176 valence electrons. The third-order valence-electron chi connectivity index (χ3n) is 5.45. The van der Waals surface area contributed by atoms with Gasteiger partial charge in [0.2, 0.25) is 0 Å². The van der Waals surface area contributed by atoms with E-state index in [1.54, 1.807) is 6.07 Å². The van der Waals surface area contributed by atoms with Crippen LogP contribution in [0.4, 0.5) is 0 Å². The molecular formula is C26H36ClLiO4P+. The molecule has 4 atom stereocenters. The van der Waals surface area contributed by atoms with Crippen LogP contribution in [0.1, 0.15) is 76.7 Å². The van der Waals surface area contributed by atoms with Crippen molar-refractivity contribution in [3.63, 3.8) is 0 Å². The van der Waals surface area contributed by atoms with Crippen molar-refractivity contribution in [1.82, 2.24) is 0 Å². The van der Waals surface area contributed by atoms with Crippen molar-refractivity contribution in [2.24, 2.45) is 0 Å². The van der Waals surface area contributed by atoms with Gasteiger partial charge in [-0.15, -0.1) is 0 Å². The van der Waals surface area contributed by atoms with E-state index in [1.165, 1.54) is 0 Å². The third kappa shape index (κ3) is 8.52. The maximum Gasteiger partial charge on any atom is 1.00 e. The van der Waals surface area contributed by atoms with Crippen molar-refractivity contribution in [2.45, 2.75) is 86.0 Å². The molecule has 0 saturated carbocycles. The molecule has 2 aromatic rings. The summed E-state index contributed by atoms with van der Waals surface area (Å²) in [5, 5.41) is 1.22. The first-order valence-electron chi connectivity index (χ1n) is 11.4. The van der Waals surface area contributed by atoms with Crippen molar-refractivity contribution < 1.29 is 37.9 Å². The van der Waals surface area contributed by atoms with Gasteiger partial charge in [0, 0.05) is 17.7 Å². The zero-order chi connectivity index (χ0) is 23.8. The molecule has 0 radical (unpaired) electrons. The first-order valence-corrected chi connectivity index (χ1v) is 12.8. The maximum atomic E-state index is 13.4. The fourth-order valence-corrected chi connectivity index (χ4v) is 4.53. The van der Waals surface area contributed by atoms with Crippen LogP contribution in [-0.2, 0) is 0 Å². The Balaban J connectivity index is 0.00000544. The van der Waals surface area contributed by atoms with Gasteiger partial charge in [0.05, 0.1) is 28.6 Å².